The molecule has 41 heavy (non-hydrogen) atoms. The maximum atomic E-state index is 13.9. The molecule has 1 fully saturated rings. The fraction of sp³-hybridized carbons (Fsp3) is 0.241. The molecule has 0 bridgehead atoms. The number of benzene rings is 2. The zero-order valence-electron chi connectivity index (χ0n) is 22.0. The first-order valence-electron chi connectivity index (χ1n) is 13.0. The first kappa shape index (κ1) is 26.4. The molecular weight excluding hydrogens is 537 g/mol. The van der Waals surface area contributed by atoms with Gasteiger partial charge in [0.25, 0.3) is 5.91 Å². The number of pyridine rings is 1. The van der Waals surface area contributed by atoms with Crippen molar-refractivity contribution in [2.45, 2.75) is 12.2 Å². The van der Waals surface area contributed by atoms with E-state index in [1.807, 2.05) is 24.3 Å². The van der Waals surface area contributed by atoms with Crippen LogP contribution in [0.15, 0.2) is 77.7 Å². The van der Waals surface area contributed by atoms with Crippen molar-refractivity contribution in [1.82, 2.24) is 10.3 Å². The average molecular weight is 565 g/mol. The van der Waals surface area contributed by atoms with Crippen LogP contribution in [-0.2, 0) is 6.18 Å². The van der Waals surface area contributed by atoms with Gasteiger partial charge in [-0.2, -0.15) is 13.2 Å². The molecule has 0 radical (unpaired) electrons. The van der Waals surface area contributed by atoms with E-state index >= 15 is 0 Å². The Morgan fingerprint density at radius 1 is 1.05 bits per heavy atom. The van der Waals surface area contributed by atoms with Crippen molar-refractivity contribution < 1.29 is 27.1 Å². The van der Waals surface area contributed by atoms with Gasteiger partial charge < -0.3 is 34.9 Å². The summed E-state index contributed by atoms with van der Waals surface area (Å²) in [6.07, 6.45) is -0.487. The predicted octanol–water partition coefficient (Wildman–Crippen LogP) is 5.63. The summed E-state index contributed by atoms with van der Waals surface area (Å²) < 4.78 is 52.9. The molecule has 2 aliphatic heterocycles. The first-order chi connectivity index (χ1) is 19.8. The molecule has 2 aliphatic rings. The maximum Gasteiger partial charge on any atom is 0.419 e. The van der Waals surface area contributed by atoms with Gasteiger partial charge in [0.15, 0.2) is 0 Å². The summed E-state index contributed by atoms with van der Waals surface area (Å²) in [6, 6.07) is 15.4. The van der Waals surface area contributed by atoms with Crippen LogP contribution >= 0.6 is 0 Å². The van der Waals surface area contributed by atoms with E-state index in [1.54, 1.807) is 30.7 Å². The number of halogens is 3. The van der Waals surface area contributed by atoms with Crippen molar-refractivity contribution in [3.63, 3.8) is 0 Å². The van der Waals surface area contributed by atoms with Crippen LogP contribution in [0.25, 0.3) is 0 Å². The monoisotopic (exact) mass is 564 g/mol. The molecule has 1 amide bonds. The zero-order chi connectivity index (χ0) is 28.6. The van der Waals surface area contributed by atoms with Crippen molar-refractivity contribution >= 4 is 40.2 Å². The second-order valence-electron chi connectivity index (χ2n) is 9.76. The lowest BCUT2D eigenvalue weighted by atomic mass is 10.1. The number of carbonyl (C=O) groups is 1. The van der Waals surface area contributed by atoms with Crippen LogP contribution in [0.5, 0.6) is 5.75 Å². The summed E-state index contributed by atoms with van der Waals surface area (Å²) in [4.78, 5) is 20.9. The van der Waals surface area contributed by atoms with Crippen LogP contribution in [0.1, 0.15) is 15.9 Å². The van der Waals surface area contributed by atoms with Crippen LogP contribution < -0.4 is 30.5 Å². The second kappa shape index (κ2) is 10.6. The predicted molar refractivity (Wildman–Crippen MR) is 150 cm³/mol. The van der Waals surface area contributed by atoms with E-state index in [9.17, 15) is 18.0 Å². The number of alkyl halides is 3. The third-order valence-corrected chi connectivity index (χ3v) is 7.20. The van der Waals surface area contributed by atoms with Crippen molar-refractivity contribution in [2.75, 3.05) is 53.7 Å². The van der Waals surface area contributed by atoms with Crippen molar-refractivity contribution in [1.29, 1.82) is 0 Å². The molecule has 0 saturated carbocycles. The number of rotatable bonds is 6. The molecule has 9 nitrogen and oxygen atoms in total. The van der Waals surface area contributed by atoms with Crippen LogP contribution in [0.4, 0.5) is 47.4 Å². The van der Waals surface area contributed by atoms with Crippen molar-refractivity contribution in [3.05, 3.63) is 84.4 Å². The van der Waals surface area contributed by atoms with Crippen LogP contribution in [0.2, 0.25) is 0 Å². The second-order valence-corrected chi connectivity index (χ2v) is 9.76. The lowest BCUT2D eigenvalue weighted by Crippen LogP contribution is -2.57. The standard InChI is InChI=1S/C29H27F3N6O3/c1-33-28(39)21-4-2-3-5-23(21)36-24-13-27(34-14-22(24)29(30,31)32)35-18-6-7-25-26(12-18)41-17-20-15-37(9-10-38(20)25)19-8-11-40-16-19/h2-8,11-14,16,20H,9-10,15,17H2,1H3,(H,33,39)(H2,34,35,36). The van der Waals surface area contributed by atoms with E-state index in [4.69, 9.17) is 9.15 Å². The average Bonchev–Trinajstić information content (AvgIpc) is 3.51. The minimum Gasteiger partial charge on any atom is -0.489 e. The zero-order valence-corrected chi connectivity index (χ0v) is 22.0. The highest BCUT2D eigenvalue weighted by molar-refractivity contribution is 6.00. The number of furan rings is 1. The van der Waals surface area contributed by atoms with E-state index in [0.29, 0.717) is 18.0 Å². The summed E-state index contributed by atoms with van der Waals surface area (Å²) >= 11 is 0. The minimum absolute atomic E-state index is 0.174. The highest BCUT2D eigenvalue weighted by Gasteiger charge is 2.35. The van der Waals surface area contributed by atoms with Gasteiger partial charge in [-0.1, -0.05) is 12.1 Å². The summed E-state index contributed by atoms with van der Waals surface area (Å²) in [5.41, 5.74) is 1.88. The van der Waals surface area contributed by atoms with E-state index in [0.717, 1.165) is 37.2 Å². The van der Waals surface area contributed by atoms with Gasteiger partial charge in [0.1, 0.15) is 24.4 Å². The Bertz CT molecular complexity index is 1560. The summed E-state index contributed by atoms with van der Waals surface area (Å²) in [5.74, 6) is 0.460. The Labute approximate surface area is 233 Å². The van der Waals surface area contributed by atoms with Gasteiger partial charge in [0.05, 0.1) is 46.2 Å². The number of anilines is 6. The van der Waals surface area contributed by atoms with E-state index in [1.165, 1.54) is 19.2 Å². The van der Waals surface area contributed by atoms with Crippen molar-refractivity contribution in [2.24, 2.45) is 0 Å². The molecule has 2 aromatic carbocycles. The van der Waals surface area contributed by atoms with Gasteiger partial charge in [-0.25, -0.2) is 4.98 Å². The number of carbonyl (C=O) groups excluding carboxylic acids is 1. The van der Waals surface area contributed by atoms with E-state index in [2.05, 4.69) is 30.7 Å². The molecule has 1 saturated heterocycles. The molecule has 4 heterocycles. The molecule has 1 atom stereocenters. The van der Waals surface area contributed by atoms with E-state index < -0.39 is 17.6 Å². The molecular formula is C29H27F3N6O3. The molecule has 12 heteroatoms. The van der Waals surface area contributed by atoms with Gasteiger partial charge in [-0.3, -0.25) is 4.79 Å². The molecule has 6 rings (SSSR count). The fourth-order valence-electron chi connectivity index (χ4n) is 5.19. The largest absolute Gasteiger partial charge is 0.489 e. The van der Waals surface area contributed by atoms with Gasteiger partial charge in [0.2, 0.25) is 0 Å². The molecule has 0 spiro atoms. The van der Waals surface area contributed by atoms with Crippen LogP contribution in [0.3, 0.4) is 0 Å². The Kier molecular flexibility index (Phi) is 6.82. The third kappa shape index (κ3) is 5.32. The minimum atomic E-state index is -4.66. The summed E-state index contributed by atoms with van der Waals surface area (Å²) in [6.45, 7) is 2.95. The third-order valence-electron chi connectivity index (χ3n) is 7.20. The number of hydrogen-bond acceptors (Lipinski definition) is 8. The number of nitrogens with zero attached hydrogens (tertiary/aromatic N) is 3. The Morgan fingerprint density at radius 2 is 1.90 bits per heavy atom. The van der Waals surface area contributed by atoms with Gasteiger partial charge in [0, 0.05) is 50.7 Å². The first-order valence-corrected chi connectivity index (χ1v) is 13.0. The molecule has 1 unspecified atom stereocenters. The number of aromatic nitrogens is 1. The number of amides is 1. The van der Waals surface area contributed by atoms with E-state index in [-0.39, 0.29) is 28.8 Å². The van der Waals surface area contributed by atoms with Crippen LogP contribution in [0, 0.1) is 0 Å². The highest BCUT2D eigenvalue weighted by atomic mass is 19.4. The fourth-order valence-corrected chi connectivity index (χ4v) is 5.19. The molecule has 4 aromatic rings. The lowest BCUT2D eigenvalue weighted by molar-refractivity contribution is -0.137. The number of para-hydroxylation sites is 1. The van der Waals surface area contributed by atoms with Gasteiger partial charge in [-0.15, -0.1) is 0 Å². The topological polar surface area (TPSA) is 94.9 Å². The van der Waals surface area contributed by atoms with Crippen molar-refractivity contribution in [3.8, 4) is 5.75 Å². The number of ether oxygens (including phenoxy) is 1. The molecule has 0 aliphatic carbocycles. The quantitative estimate of drug-likeness (QED) is 0.278. The van der Waals surface area contributed by atoms with Gasteiger partial charge >= 0.3 is 6.18 Å². The summed E-state index contributed by atoms with van der Waals surface area (Å²) in [7, 11) is 1.46. The number of nitrogens with one attached hydrogen (secondary N) is 3. The Morgan fingerprint density at radius 3 is 2.68 bits per heavy atom. The highest BCUT2D eigenvalue weighted by Crippen LogP contribution is 2.40. The summed E-state index contributed by atoms with van der Waals surface area (Å²) in [5, 5.41) is 8.37. The maximum absolute atomic E-state index is 13.9. The normalized spacial score (nSPS) is 16.3. The number of hydrogen-bond donors (Lipinski definition) is 3. The lowest BCUT2D eigenvalue weighted by Gasteiger charge is -2.46. The molecule has 212 valence electrons. The Hall–Kier alpha value is -4.87. The van der Waals surface area contributed by atoms with Gasteiger partial charge in [-0.05, 0) is 30.3 Å². The SMILES string of the molecule is CNC(=O)c1ccccc1Nc1cc(Nc2ccc3c(c2)OCC2CN(c4ccoc4)CCN32)ncc1C(F)(F)F. The Balaban J connectivity index is 1.23. The van der Waals surface area contributed by atoms with Crippen LogP contribution in [-0.4, -0.2) is 50.2 Å². The smallest absolute Gasteiger partial charge is 0.419 e. The molecule has 2 aromatic heterocycles. The molecule has 3 N–H and O–H groups in total. The number of fused-ring (bicyclic) bond motifs is 3. The number of piperazine rings is 1.